The monoisotopic (exact) mass is 427 g/mol. The molecule has 3 aromatic carbocycles. The lowest BCUT2D eigenvalue weighted by atomic mass is 9.93. The number of hydrogen-bond donors (Lipinski definition) is 2. The minimum atomic E-state index is -0.524. The zero-order valence-corrected chi connectivity index (χ0v) is 18.3. The quantitative estimate of drug-likeness (QED) is 0.600. The first kappa shape index (κ1) is 21.8. The molecule has 0 radical (unpaired) electrons. The number of nitrogens with zero attached hydrogens (tertiary/aromatic N) is 1. The molecule has 1 heterocycles. The number of carbonyl (C=O) groups excluding carboxylic acids is 2. The molecule has 3 N–H and O–H groups in total. The van der Waals surface area contributed by atoms with Crippen molar-refractivity contribution in [2.24, 2.45) is 11.7 Å². The highest BCUT2D eigenvalue weighted by Crippen LogP contribution is 2.34. The average molecular weight is 428 g/mol. The lowest BCUT2D eigenvalue weighted by Gasteiger charge is -2.28. The van der Waals surface area contributed by atoms with E-state index >= 15 is 0 Å². The Labute approximate surface area is 189 Å². The molecule has 0 bridgehead atoms. The SMILES string of the molecule is CN[C@@H](CC1CCc2ccccc2N(Cc2ccccc2-c2ccccc2)C1=O)C(N)=O. The van der Waals surface area contributed by atoms with E-state index in [-0.39, 0.29) is 11.8 Å². The molecule has 32 heavy (non-hydrogen) atoms. The van der Waals surface area contributed by atoms with Crippen molar-refractivity contribution in [2.75, 3.05) is 11.9 Å². The summed E-state index contributed by atoms with van der Waals surface area (Å²) in [4.78, 5) is 27.5. The zero-order chi connectivity index (χ0) is 22.5. The van der Waals surface area contributed by atoms with Crippen molar-refractivity contribution >= 4 is 17.5 Å². The molecule has 3 aromatic rings. The van der Waals surface area contributed by atoms with Crippen LogP contribution < -0.4 is 16.0 Å². The van der Waals surface area contributed by atoms with Crippen molar-refractivity contribution in [3.05, 3.63) is 90.0 Å². The van der Waals surface area contributed by atoms with Gasteiger partial charge < -0.3 is 16.0 Å². The zero-order valence-electron chi connectivity index (χ0n) is 18.3. The number of primary amides is 1. The minimum Gasteiger partial charge on any atom is -0.368 e. The highest BCUT2D eigenvalue weighted by molar-refractivity contribution is 5.97. The Morgan fingerprint density at radius 1 is 1.03 bits per heavy atom. The van der Waals surface area contributed by atoms with Crippen LogP contribution in [0, 0.1) is 5.92 Å². The number of anilines is 1. The second-order valence-electron chi connectivity index (χ2n) is 8.29. The maximum absolute atomic E-state index is 13.8. The summed E-state index contributed by atoms with van der Waals surface area (Å²) in [5, 5.41) is 2.96. The molecule has 164 valence electrons. The number of carbonyl (C=O) groups is 2. The van der Waals surface area contributed by atoms with Crippen molar-refractivity contribution < 1.29 is 9.59 Å². The van der Waals surface area contributed by atoms with Gasteiger partial charge in [0.15, 0.2) is 0 Å². The number of fused-ring (bicyclic) bond motifs is 1. The van der Waals surface area contributed by atoms with Crippen LogP contribution >= 0.6 is 0 Å². The molecule has 0 fully saturated rings. The first-order valence-electron chi connectivity index (χ1n) is 11.1. The van der Waals surface area contributed by atoms with E-state index in [2.05, 4.69) is 35.6 Å². The molecule has 1 aliphatic rings. The molecule has 1 aliphatic heterocycles. The third kappa shape index (κ3) is 4.58. The third-order valence-corrected chi connectivity index (χ3v) is 6.30. The van der Waals surface area contributed by atoms with Gasteiger partial charge in [0, 0.05) is 11.6 Å². The van der Waals surface area contributed by atoms with Gasteiger partial charge >= 0.3 is 0 Å². The molecular formula is C27H29N3O2. The van der Waals surface area contributed by atoms with Crippen molar-refractivity contribution in [1.82, 2.24) is 5.32 Å². The summed E-state index contributed by atoms with van der Waals surface area (Å²) in [7, 11) is 1.71. The van der Waals surface area contributed by atoms with Gasteiger partial charge in [0.1, 0.15) is 0 Å². The molecule has 2 amide bonds. The maximum atomic E-state index is 13.8. The van der Waals surface area contributed by atoms with Gasteiger partial charge in [-0.05, 0) is 54.6 Å². The molecule has 0 saturated carbocycles. The first-order chi connectivity index (χ1) is 15.6. The van der Waals surface area contributed by atoms with Crippen molar-refractivity contribution in [1.29, 1.82) is 0 Å². The summed E-state index contributed by atoms with van der Waals surface area (Å²) in [5.74, 6) is -0.668. The maximum Gasteiger partial charge on any atom is 0.234 e. The number of likely N-dealkylation sites (N-methyl/N-ethyl adjacent to an activating group) is 1. The normalized spacial score (nSPS) is 16.8. The summed E-state index contributed by atoms with van der Waals surface area (Å²) >= 11 is 0. The predicted molar refractivity (Wildman–Crippen MR) is 128 cm³/mol. The number of hydrogen-bond acceptors (Lipinski definition) is 3. The van der Waals surface area contributed by atoms with E-state index in [0.29, 0.717) is 19.4 Å². The summed E-state index contributed by atoms with van der Waals surface area (Å²) in [6.07, 6.45) is 1.88. The molecule has 1 unspecified atom stereocenters. The van der Waals surface area contributed by atoms with Gasteiger partial charge in [0.25, 0.3) is 0 Å². The summed E-state index contributed by atoms with van der Waals surface area (Å²) < 4.78 is 0. The first-order valence-corrected chi connectivity index (χ1v) is 11.1. The molecule has 0 saturated heterocycles. The van der Waals surface area contributed by atoms with Crippen molar-refractivity contribution in [3.63, 3.8) is 0 Å². The summed E-state index contributed by atoms with van der Waals surface area (Å²) in [6.45, 7) is 0.470. The van der Waals surface area contributed by atoms with E-state index in [4.69, 9.17) is 5.73 Å². The second-order valence-corrected chi connectivity index (χ2v) is 8.29. The smallest absolute Gasteiger partial charge is 0.234 e. The van der Waals surface area contributed by atoms with E-state index in [9.17, 15) is 9.59 Å². The van der Waals surface area contributed by atoms with Gasteiger partial charge in [0.2, 0.25) is 11.8 Å². The van der Waals surface area contributed by atoms with Crippen LogP contribution in [0.5, 0.6) is 0 Å². The van der Waals surface area contributed by atoms with Crippen molar-refractivity contribution in [3.8, 4) is 11.1 Å². The van der Waals surface area contributed by atoms with E-state index in [1.165, 1.54) is 0 Å². The standard InChI is InChI=1S/C27H29N3O2/c1-29-24(26(28)31)17-21-16-15-20-11-6-8-14-25(20)30(27(21)32)18-22-12-5-7-13-23(22)19-9-3-2-4-10-19/h2-14,21,24,29H,15-18H2,1H3,(H2,28,31)/t21?,24-/m0/s1. The minimum absolute atomic E-state index is 0.0410. The Balaban J connectivity index is 1.71. The Kier molecular flexibility index (Phi) is 6.66. The third-order valence-electron chi connectivity index (χ3n) is 6.30. The van der Waals surface area contributed by atoms with Crippen LogP contribution in [0.15, 0.2) is 78.9 Å². The molecule has 5 heteroatoms. The summed E-state index contributed by atoms with van der Waals surface area (Å²) in [6, 6.07) is 26.0. The average Bonchev–Trinajstić information content (AvgIpc) is 2.95. The number of para-hydroxylation sites is 1. The summed E-state index contributed by atoms with van der Waals surface area (Å²) in [5.41, 5.74) is 11.0. The van der Waals surface area contributed by atoms with Crippen LogP contribution in [0.3, 0.4) is 0 Å². The van der Waals surface area contributed by atoms with Crippen LogP contribution in [-0.4, -0.2) is 24.9 Å². The number of benzene rings is 3. The van der Waals surface area contributed by atoms with E-state index in [1.807, 2.05) is 53.4 Å². The lowest BCUT2D eigenvalue weighted by Crippen LogP contribution is -2.44. The molecule has 2 atom stereocenters. The van der Waals surface area contributed by atoms with E-state index < -0.39 is 11.9 Å². The molecule has 0 aliphatic carbocycles. The van der Waals surface area contributed by atoms with E-state index in [1.54, 1.807) is 7.05 Å². The van der Waals surface area contributed by atoms with Gasteiger partial charge in [-0.1, -0.05) is 72.8 Å². The van der Waals surface area contributed by atoms with Gasteiger partial charge in [-0.15, -0.1) is 0 Å². The highest BCUT2D eigenvalue weighted by Gasteiger charge is 2.33. The molecule has 5 nitrogen and oxygen atoms in total. The Hall–Kier alpha value is -3.44. The van der Waals surface area contributed by atoms with Gasteiger partial charge in [0.05, 0.1) is 12.6 Å². The Morgan fingerprint density at radius 3 is 2.47 bits per heavy atom. The van der Waals surface area contributed by atoms with Gasteiger partial charge in [-0.25, -0.2) is 0 Å². The highest BCUT2D eigenvalue weighted by atomic mass is 16.2. The topological polar surface area (TPSA) is 75.4 Å². The Bertz CT molecular complexity index is 1100. The number of aryl methyl sites for hydroxylation is 1. The number of nitrogens with one attached hydrogen (secondary N) is 1. The largest absolute Gasteiger partial charge is 0.368 e. The van der Waals surface area contributed by atoms with Gasteiger partial charge in [-0.2, -0.15) is 0 Å². The fourth-order valence-electron chi connectivity index (χ4n) is 4.55. The fourth-order valence-corrected chi connectivity index (χ4v) is 4.55. The number of rotatable bonds is 7. The van der Waals surface area contributed by atoms with Gasteiger partial charge in [-0.3, -0.25) is 9.59 Å². The predicted octanol–water partition coefficient (Wildman–Crippen LogP) is 3.91. The molecule has 4 rings (SSSR count). The number of nitrogens with two attached hydrogens (primary N) is 1. The van der Waals surface area contributed by atoms with Crippen LogP contribution in [0.2, 0.25) is 0 Å². The lowest BCUT2D eigenvalue weighted by molar-refractivity contribution is -0.124. The fraction of sp³-hybridized carbons (Fsp3) is 0.259. The molecule has 0 aromatic heterocycles. The Morgan fingerprint density at radius 2 is 1.72 bits per heavy atom. The molecular weight excluding hydrogens is 398 g/mol. The second kappa shape index (κ2) is 9.79. The van der Waals surface area contributed by atoms with Crippen LogP contribution in [-0.2, 0) is 22.6 Å². The van der Waals surface area contributed by atoms with Crippen molar-refractivity contribution in [2.45, 2.75) is 31.8 Å². The van der Waals surface area contributed by atoms with E-state index in [0.717, 1.165) is 34.4 Å². The van der Waals surface area contributed by atoms with Crippen LogP contribution in [0.25, 0.3) is 11.1 Å². The number of amides is 2. The molecule has 0 spiro atoms. The van der Waals surface area contributed by atoms with Crippen LogP contribution in [0.4, 0.5) is 5.69 Å². The van der Waals surface area contributed by atoms with Crippen LogP contribution in [0.1, 0.15) is 24.0 Å².